The lowest BCUT2D eigenvalue weighted by atomic mass is 10.0. The van der Waals surface area contributed by atoms with Gasteiger partial charge in [-0.05, 0) is 24.6 Å². The Hall–Kier alpha value is -2.80. The lowest BCUT2D eigenvalue weighted by Crippen LogP contribution is -2.44. The molecule has 1 aliphatic rings. The van der Waals surface area contributed by atoms with Gasteiger partial charge in [-0.2, -0.15) is 0 Å². The van der Waals surface area contributed by atoms with Gasteiger partial charge in [-0.15, -0.1) is 11.8 Å². The molecule has 2 amide bonds. The molecule has 1 heterocycles. The summed E-state index contributed by atoms with van der Waals surface area (Å²) in [4.78, 5) is 39.5. The van der Waals surface area contributed by atoms with E-state index >= 15 is 0 Å². The second kappa shape index (κ2) is 9.41. The molecule has 1 N–H and O–H groups in total. The first kappa shape index (κ1) is 19.9. The molecule has 1 atom stereocenters. The molecule has 0 aromatic heterocycles. The summed E-state index contributed by atoms with van der Waals surface area (Å²) in [5.74, 6) is -0.518. The largest absolute Gasteiger partial charge is 0.466 e. The van der Waals surface area contributed by atoms with E-state index in [4.69, 9.17) is 4.74 Å². The Morgan fingerprint density at radius 1 is 1.14 bits per heavy atom. The number of nitrogens with one attached hydrogen (secondary N) is 1. The lowest BCUT2D eigenvalue weighted by Gasteiger charge is -2.29. The summed E-state index contributed by atoms with van der Waals surface area (Å²) in [6, 6.07) is 16.3. The Morgan fingerprint density at radius 2 is 1.86 bits per heavy atom. The van der Waals surface area contributed by atoms with Gasteiger partial charge in [-0.1, -0.05) is 42.5 Å². The summed E-state index contributed by atoms with van der Waals surface area (Å²) < 4.78 is 5.03. The highest BCUT2D eigenvalue weighted by atomic mass is 32.2. The van der Waals surface area contributed by atoms with E-state index in [0.29, 0.717) is 5.75 Å². The number of amides is 2. The summed E-state index contributed by atoms with van der Waals surface area (Å²) >= 11 is 1.47. The zero-order valence-electron chi connectivity index (χ0n) is 15.6. The maximum atomic E-state index is 12.7. The lowest BCUT2D eigenvalue weighted by molar-refractivity contribution is -0.143. The van der Waals surface area contributed by atoms with Crippen LogP contribution in [0.2, 0.25) is 0 Å². The molecular formula is C21H22N2O4S. The Bertz CT molecular complexity index is 856. The van der Waals surface area contributed by atoms with Crippen molar-refractivity contribution < 1.29 is 19.1 Å². The fraction of sp³-hybridized carbons (Fsp3) is 0.286. The highest BCUT2D eigenvalue weighted by Gasteiger charge is 2.27. The van der Waals surface area contributed by atoms with Crippen molar-refractivity contribution >= 4 is 35.2 Å². The van der Waals surface area contributed by atoms with Crippen LogP contribution >= 0.6 is 11.8 Å². The first-order valence-electron chi connectivity index (χ1n) is 9.10. The van der Waals surface area contributed by atoms with Gasteiger partial charge in [0.15, 0.2) is 0 Å². The number of hydrogen-bond acceptors (Lipinski definition) is 5. The predicted octanol–water partition coefficient (Wildman–Crippen LogP) is 2.94. The Labute approximate surface area is 168 Å². The minimum atomic E-state index is -0.516. The SMILES string of the molecule is CCOC(=O)CC(NC(=O)CN1C(=O)CSc2ccccc21)c1ccccc1. The smallest absolute Gasteiger partial charge is 0.308 e. The first-order chi connectivity index (χ1) is 13.6. The number of nitrogens with zero attached hydrogens (tertiary/aromatic N) is 1. The normalized spacial score (nSPS) is 14.2. The minimum Gasteiger partial charge on any atom is -0.466 e. The topological polar surface area (TPSA) is 75.7 Å². The molecule has 6 nitrogen and oxygen atoms in total. The third kappa shape index (κ3) is 4.92. The fourth-order valence-corrected chi connectivity index (χ4v) is 3.97. The maximum Gasteiger partial charge on any atom is 0.308 e. The van der Waals surface area contributed by atoms with E-state index in [-0.39, 0.29) is 37.4 Å². The number of ether oxygens (including phenoxy) is 1. The van der Waals surface area contributed by atoms with E-state index < -0.39 is 6.04 Å². The summed E-state index contributed by atoms with van der Waals surface area (Å²) in [6.45, 7) is 1.93. The van der Waals surface area contributed by atoms with Crippen LogP contribution in [0.5, 0.6) is 0 Å². The number of rotatable bonds is 7. The van der Waals surface area contributed by atoms with Crippen molar-refractivity contribution in [3.63, 3.8) is 0 Å². The van der Waals surface area contributed by atoms with Crippen molar-refractivity contribution in [1.82, 2.24) is 5.32 Å². The van der Waals surface area contributed by atoms with Crippen LogP contribution in [0.25, 0.3) is 0 Å². The maximum absolute atomic E-state index is 12.7. The molecule has 7 heteroatoms. The standard InChI is InChI=1S/C21H22N2O4S/c1-2-27-21(26)12-16(15-8-4-3-5-9-15)22-19(24)13-23-17-10-6-7-11-18(17)28-14-20(23)25/h3-11,16H,2,12-14H2,1H3,(H,22,24). The van der Waals surface area contributed by atoms with Gasteiger partial charge in [0.2, 0.25) is 11.8 Å². The number of esters is 1. The van der Waals surface area contributed by atoms with E-state index in [0.717, 1.165) is 16.1 Å². The van der Waals surface area contributed by atoms with E-state index in [2.05, 4.69) is 5.32 Å². The molecule has 2 aromatic rings. The van der Waals surface area contributed by atoms with Crippen LogP contribution < -0.4 is 10.2 Å². The van der Waals surface area contributed by atoms with Gasteiger partial charge in [-0.25, -0.2) is 0 Å². The van der Waals surface area contributed by atoms with Gasteiger partial charge in [0.1, 0.15) is 6.54 Å². The molecule has 3 rings (SSSR count). The van der Waals surface area contributed by atoms with Gasteiger partial charge < -0.3 is 15.0 Å². The number of hydrogen-bond donors (Lipinski definition) is 1. The fourth-order valence-electron chi connectivity index (χ4n) is 3.04. The number of thioether (sulfide) groups is 1. The molecule has 0 radical (unpaired) electrons. The third-order valence-corrected chi connectivity index (χ3v) is 5.37. The van der Waals surface area contributed by atoms with E-state index in [9.17, 15) is 14.4 Å². The molecule has 0 spiro atoms. The summed E-state index contributed by atoms with van der Waals surface area (Å²) in [6.07, 6.45) is 0.0317. The molecule has 0 saturated heterocycles. The van der Waals surface area contributed by atoms with Gasteiger partial charge in [0.25, 0.3) is 0 Å². The van der Waals surface area contributed by atoms with Crippen molar-refractivity contribution in [2.45, 2.75) is 24.3 Å². The highest BCUT2D eigenvalue weighted by molar-refractivity contribution is 8.00. The Balaban J connectivity index is 1.73. The summed E-state index contributed by atoms with van der Waals surface area (Å²) in [5, 5.41) is 2.88. The number of para-hydroxylation sites is 1. The molecule has 1 aliphatic heterocycles. The van der Waals surface area contributed by atoms with Crippen LogP contribution in [0.3, 0.4) is 0 Å². The minimum absolute atomic E-state index is 0.0317. The molecule has 0 saturated carbocycles. The molecule has 28 heavy (non-hydrogen) atoms. The molecule has 0 fully saturated rings. The third-order valence-electron chi connectivity index (χ3n) is 4.32. The number of carbonyl (C=O) groups is 3. The van der Waals surface area contributed by atoms with Crippen molar-refractivity contribution in [3.05, 3.63) is 60.2 Å². The zero-order chi connectivity index (χ0) is 19.9. The average molecular weight is 398 g/mol. The molecule has 0 aliphatic carbocycles. The van der Waals surface area contributed by atoms with Crippen LogP contribution in [0.15, 0.2) is 59.5 Å². The quantitative estimate of drug-likeness (QED) is 0.726. The van der Waals surface area contributed by atoms with Crippen molar-refractivity contribution in [2.24, 2.45) is 0 Å². The van der Waals surface area contributed by atoms with Crippen LogP contribution in [-0.4, -0.2) is 36.7 Å². The van der Waals surface area contributed by atoms with Crippen LogP contribution in [0.1, 0.15) is 24.9 Å². The monoisotopic (exact) mass is 398 g/mol. The molecule has 2 aromatic carbocycles. The zero-order valence-corrected chi connectivity index (χ0v) is 16.4. The molecule has 146 valence electrons. The van der Waals surface area contributed by atoms with E-state index in [1.165, 1.54) is 16.7 Å². The van der Waals surface area contributed by atoms with E-state index in [1.807, 2.05) is 54.6 Å². The van der Waals surface area contributed by atoms with Crippen molar-refractivity contribution in [3.8, 4) is 0 Å². The molecule has 1 unspecified atom stereocenters. The van der Waals surface area contributed by atoms with Crippen molar-refractivity contribution in [2.75, 3.05) is 23.8 Å². The Kier molecular flexibility index (Phi) is 6.71. The molecular weight excluding hydrogens is 376 g/mol. The second-order valence-electron chi connectivity index (χ2n) is 6.28. The second-order valence-corrected chi connectivity index (χ2v) is 7.29. The van der Waals surface area contributed by atoms with Crippen molar-refractivity contribution in [1.29, 1.82) is 0 Å². The Morgan fingerprint density at radius 3 is 2.61 bits per heavy atom. The number of fused-ring (bicyclic) bond motifs is 1. The van der Waals surface area contributed by atoms with Gasteiger partial charge in [0.05, 0.1) is 30.5 Å². The predicted molar refractivity (Wildman–Crippen MR) is 108 cm³/mol. The first-order valence-corrected chi connectivity index (χ1v) is 10.1. The van der Waals surface area contributed by atoms with Gasteiger partial charge >= 0.3 is 5.97 Å². The summed E-state index contributed by atoms with van der Waals surface area (Å²) in [7, 11) is 0. The van der Waals surface area contributed by atoms with Crippen LogP contribution in [0.4, 0.5) is 5.69 Å². The number of anilines is 1. The average Bonchev–Trinajstić information content (AvgIpc) is 2.70. The van der Waals surface area contributed by atoms with Crippen LogP contribution in [-0.2, 0) is 19.1 Å². The van der Waals surface area contributed by atoms with Gasteiger partial charge in [-0.3, -0.25) is 14.4 Å². The number of carbonyl (C=O) groups excluding carboxylic acids is 3. The summed E-state index contributed by atoms with van der Waals surface area (Å²) in [5.41, 5.74) is 1.55. The van der Waals surface area contributed by atoms with Gasteiger partial charge in [0, 0.05) is 4.90 Å². The number of benzene rings is 2. The van der Waals surface area contributed by atoms with E-state index in [1.54, 1.807) is 6.92 Å². The molecule has 0 bridgehead atoms. The highest BCUT2D eigenvalue weighted by Crippen LogP contribution is 2.34. The van der Waals surface area contributed by atoms with Crippen LogP contribution in [0, 0.1) is 0 Å².